The van der Waals surface area contributed by atoms with Gasteiger partial charge >= 0.3 is 0 Å². The standard InChI is InChI=1S/C13H15ClN4O/c1-3-9-11(15)12(18-17-9)13(19)16-10-5-4-7(2)6-8(10)14/h4-6H,3,15H2,1-2H3,(H,16,19)(H,17,18). The number of nitrogen functional groups attached to an aromatic ring is 1. The number of halogens is 1. The second kappa shape index (κ2) is 5.32. The summed E-state index contributed by atoms with van der Waals surface area (Å²) in [6.45, 7) is 3.86. The van der Waals surface area contributed by atoms with Gasteiger partial charge in [0.25, 0.3) is 5.91 Å². The van der Waals surface area contributed by atoms with Crippen molar-refractivity contribution in [1.29, 1.82) is 0 Å². The summed E-state index contributed by atoms with van der Waals surface area (Å²) in [5.74, 6) is -0.376. The molecule has 6 heteroatoms. The Bertz CT molecular complexity index is 621. The van der Waals surface area contributed by atoms with Crippen molar-refractivity contribution in [1.82, 2.24) is 10.2 Å². The number of H-pyrrole nitrogens is 1. The minimum atomic E-state index is -0.376. The first-order valence-corrected chi connectivity index (χ1v) is 6.31. The predicted molar refractivity (Wildman–Crippen MR) is 76.5 cm³/mol. The van der Waals surface area contributed by atoms with Gasteiger partial charge in [-0.2, -0.15) is 5.10 Å². The van der Waals surface area contributed by atoms with Crippen molar-refractivity contribution >= 4 is 28.9 Å². The third-order valence-corrected chi connectivity index (χ3v) is 3.14. The monoisotopic (exact) mass is 278 g/mol. The summed E-state index contributed by atoms with van der Waals surface area (Å²) < 4.78 is 0. The fourth-order valence-corrected chi connectivity index (χ4v) is 2.01. The van der Waals surface area contributed by atoms with E-state index in [2.05, 4.69) is 15.5 Å². The van der Waals surface area contributed by atoms with Crippen LogP contribution in [-0.4, -0.2) is 16.1 Å². The van der Waals surface area contributed by atoms with Gasteiger partial charge in [0.05, 0.1) is 22.1 Å². The average molecular weight is 279 g/mol. The maximum atomic E-state index is 12.1. The van der Waals surface area contributed by atoms with Crippen molar-refractivity contribution in [3.63, 3.8) is 0 Å². The molecule has 0 saturated carbocycles. The number of rotatable bonds is 3. The predicted octanol–water partition coefficient (Wildman–Crippen LogP) is 2.77. The Balaban J connectivity index is 2.23. The second-order valence-electron chi connectivity index (χ2n) is 4.26. The number of carbonyl (C=O) groups is 1. The quantitative estimate of drug-likeness (QED) is 0.807. The topological polar surface area (TPSA) is 83.8 Å². The fourth-order valence-electron chi connectivity index (χ4n) is 1.73. The van der Waals surface area contributed by atoms with Crippen LogP contribution in [0.15, 0.2) is 18.2 Å². The number of aryl methyl sites for hydroxylation is 2. The summed E-state index contributed by atoms with van der Waals surface area (Å²) in [6.07, 6.45) is 0.692. The van der Waals surface area contributed by atoms with Gasteiger partial charge in [-0.05, 0) is 31.0 Å². The molecule has 1 heterocycles. The van der Waals surface area contributed by atoms with E-state index in [1.807, 2.05) is 19.9 Å². The molecule has 1 amide bonds. The summed E-state index contributed by atoms with van der Waals surface area (Å²) in [7, 11) is 0. The molecule has 1 aromatic carbocycles. The molecule has 2 rings (SSSR count). The van der Waals surface area contributed by atoms with E-state index in [-0.39, 0.29) is 11.6 Å². The van der Waals surface area contributed by atoms with E-state index in [9.17, 15) is 4.79 Å². The Hall–Kier alpha value is -2.01. The zero-order chi connectivity index (χ0) is 14.0. The smallest absolute Gasteiger partial charge is 0.278 e. The van der Waals surface area contributed by atoms with Crippen LogP contribution in [0.3, 0.4) is 0 Å². The Morgan fingerprint density at radius 2 is 2.26 bits per heavy atom. The summed E-state index contributed by atoms with van der Waals surface area (Å²) in [6, 6.07) is 5.40. The molecule has 0 aliphatic carbocycles. The van der Waals surface area contributed by atoms with Gasteiger partial charge in [0.2, 0.25) is 0 Å². The number of nitrogens with one attached hydrogen (secondary N) is 2. The number of nitrogens with two attached hydrogens (primary N) is 1. The number of aromatic amines is 1. The molecule has 100 valence electrons. The number of hydrogen-bond donors (Lipinski definition) is 3. The van der Waals surface area contributed by atoms with E-state index in [1.54, 1.807) is 12.1 Å². The molecule has 0 atom stereocenters. The largest absolute Gasteiger partial charge is 0.395 e. The summed E-state index contributed by atoms with van der Waals surface area (Å²) in [4.78, 5) is 12.1. The normalized spacial score (nSPS) is 10.5. The number of benzene rings is 1. The molecule has 1 aromatic heterocycles. The highest BCUT2D eigenvalue weighted by Gasteiger charge is 2.17. The molecule has 0 radical (unpaired) electrons. The highest BCUT2D eigenvalue weighted by Crippen LogP contribution is 2.24. The van der Waals surface area contributed by atoms with Crippen LogP contribution >= 0.6 is 11.6 Å². The maximum Gasteiger partial charge on any atom is 0.278 e. The lowest BCUT2D eigenvalue weighted by molar-refractivity contribution is 0.102. The molecule has 0 aliphatic rings. The van der Waals surface area contributed by atoms with E-state index in [1.165, 1.54) is 0 Å². The van der Waals surface area contributed by atoms with Crippen LogP contribution in [0.4, 0.5) is 11.4 Å². The molecule has 4 N–H and O–H groups in total. The highest BCUT2D eigenvalue weighted by molar-refractivity contribution is 6.34. The third kappa shape index (κ3) is 2.71. The van der Waals surface area contributed by atoms with E-state index in [4.69, 9.17) is 17.3 Å². The summed E-state index contributed by atoms with van der Waals surface area (Å²) in [5, 5.41) is 9.85. The Labute approximate surface area is 116 Å². The SMILES string of the molecule is CCc1[nH]nc(C(=O)Nc2ccc(C)cc2Cl)c1N. The molecular formula is C13H15ClN4O. The fraction of sp³-hybridized carbons (Fsp3) is 0.231. The van der Waals surface area contributed by atoms with Gasteiger partial charge in [-0.1, -0.05) is 24.6 Å². The number of carbonyl (C=O) groups excluding carboxylic acids is 1. The minimum Gasteiger partial charge on any atom is -0.395 e. The summed E-state index contributed by atoms with van der Waals surface area (Å²) >= 11 is 6.06. The van der Waals surface area contributed by atoms with Crippen LogP contribution in [-0.2, 0) is 6.42 Å². The Morgan fingerprint density at radius 3 is 2.84 bits per heavy atom. The Kier molecular flexibility index (Phi) is 3.76. The van der Waals surface area contributed by atoms with Crippen molar-refractivity contribution in [2.75, 3.05) is 11.1 Å². The van der Waals surface area contributed by atoms with Crippen LogP contribution in [0.2, 0.25) is 5.02 Å². The van der Waals surface area contributed by atoms with Crippen molar-refractivity contribution in [3.8, 4) is 0 Å². The first-order valence-electron chi connectivity index (χ1n) is 5.93. The van der Waals surface area contributed by atoms with Gasteiger partial charge < -0.3 is 11.1 Å². The third-order valence-electron chi connectivity index (χ3n) is 2.82. The summed E-state index contributed by atoms with van der Waals surface area (Å²) in [5.41, 5.74) is 8.72. The highest BCUT2D eigenvalue weighted by atomic mass is 35.5. The van der Waals surface area contributed by atoms with Gasteiger partial charge in [0.1, 0.15) is 0 Å². The molecule has 0 spiro atoms. The number of nitrogens with zero attached hydrogens (tertiary/aromatic N) is 1. The van der Waals surface area contributed by atoms with Gasteiger partial charge in [0.15, 0.2) is 5.69 Å². The molecule has 0 saturated heterocycles. The van der Waals surface area contributed by atoms with E-state index >= 15 is 0 Å². The minimum absolute atomic E-state index is 0.188. The van der Waals surface area contributed by atoms with E-state index in [0.717, 1.165) is 11.3 Å². The zero-order valence-corrected chi connectivity index (χ0v) is 11.5. The van der Waals surface area contributed by atoms with Crippen LogP contribution in [0.5, 0.6) is 0 Å². The van der Waals surface area contributed by atoms with Crippen LogP contribution in [0, 0.1) is 6.92 Å². The van der Waals surface area contributed by atoms with Gasteiger partial charge in [0, 0.05) is 0 Å². The lowest BCUT2D eigenvalue weighted by Gasteiger charge is -2.06. The Morgan fingerprint density at radius 1 is 1.53 bits per heavy atom. The molecule has 0 unspecified atom stereocenters. The average Bonchev–Trinajstić information content (AvgIpc) is 2.74. The van der Waals surface area contributed by atoms with Crippen LogP contribution in [0.25, 0.3) is 0 Å². The van der Waals surface area contributed by atoms with Gasteiger partial charge in [-0.3, -0.25) is 9.89 Å². The van der Waals surface area contributed by atoms with Crippen molar-refractivity contribution in [2.24, 2.45) is 0 Å². The van der Waals surface area contributed by atoms with Gasteiger partial charge in [-0.15, -0.1) is 0 Å². The second-order valence-corrected chi connectivity index (χ2v) is 4.66. The molecule has 0 bridgehead atoms. The number of hydrogen-bond acceptors (Lipinski definition) is 3. The first kappa shape index (κ1) is 13.4. The number of amides is 1. The van der Waals surface area contributed by atoms with Crippen LogP contribution in [0.1, 0.15) is 28.7 Å². The molecule has 2 aromatic rings. The molecule has 0 aliphatic heterocycles. The van der Waals surface area contributed by atoms with Crippen LogP contribution < -0.4 is 11.1 Å². The van der Waals surface area contributed by atoms with E-state index in [0.29, 0.717) is 22.8 Å². The van der Waals surface area contributed by atoms with E-state index < -0.39 is 0 Å². The molecule has 0 fully saturated rings. The van der Waals surface area contributed by atoms with Crippen molar-refractivity contribution in [2.45, 2.75) is 20.3 Å². The zero-order valence-electron chi connectivity index (χ0n) is 10.7. The maximum absolute atomic E-state index is 12.1. The van der Waals surface area contributed by atoms with Crippen molar-refractivity contribution in [3.05, 3.63) is 40.2 Å². The lowest BCUT2D eigenvalue weighted by Crippen LogP contribution is -2.14. The van der Waals surface area contributed by atoms with Gasteiger partial charge in [-0.25, -0.2) is 0 Å². The molecular weight excluding hydrogens is 264 g/mol. The lowest BCUT2D eigenvalue weighted by atomic mass is 10.2. The molecule has 19 heavy (non-hydrogen) atoms. The number of aromatic nitrogens is 2. The molecule has 5 nitrogen and oxygen atoms in total. The first-order chi connectivity index (χ1) is 9.02. The van der Waals surface area contributed by atoms with Crippen molar-refractivity contribution < 1.29 is 4.79 Å². The number of anilines is 2.